The second-order valence-corrected chi connectivity index (χ2v) is 11.5. The summed E-state index contributed by atoms with van der Waals surface area (Å²) in [5, 5.41) is 14.4. The average molecular weight is 559 g/mol. The summed E-state index contributed by atoms with van der Waals surface area (Å²) in [5.74, 6) is 0. The zero-order chi connectivity index (χ0) is 29.2. The molecule has 4 N–H and O–H groups in total. The first-order valence-electron chi connectivity index (χ1n) is 14.7. The fourth-order valence-electron chi connectivity index (χ4n) is 5.96. The van der Waals surface area contributed by atoms with Gasteiger partial charge in [0.25, 0.3) is 0 Å². The van der Waals surface area contributed by atoms with E-state index in [0.29, 0.717) is 0 Å². The van der Waals surface area contributed by atoms with Crippen molar-refractivity contribution in [3.8, 4) is 11.1 Å². The Kier molecular flexibility index (Phi) is 6.80. The van der Waals surface area contributed by atoms with Gasteiger partial charge >= 0.3 is 0 Å². The van der Waals surface area contributed by atoms with Crippen molar-refractivity contribution >= 4 is 45.5 Å². The van der Waals surface area contributed by atoms with E-state index in [4.69, 9.17) is 0 Å². The van der Waals surface area contributed by atoms with E-state index in [9.17, 15) is 0 Å². The second-order valence-electron chi connectivity index (χ2n) is 11.5. The van der Waals surface area contributed by atoms with Crippen molar-refractivity contribution in [2.24, 2.45) is 0 Å². The van der Waals surface area contributed by atoms with E-state index in [1.165, 1.54) is 22.3 Å². The lowest BCUT2D eigenvalue weighted by Crippen LogP contribution is -2.15. The molecule has 0 aromatic heterocycles. The van der Waals surface area contributed by atoms with Gasteiger partial charge in [-0.1, -0.05) is 86.6 Å². The molecule has 0 radical (unpaired) electrons. The van der Waals surface area contributed by atoms with Crippen LogP contribution in [0.2, 0.25) is 0 Å². The topological polar surface area (TPSA) is 48.1 Å². The highest BCUT2D eigenvalue weighted by molar-refractivity contribution is 5.87. The molecular formula is C39H34N4. The Bertz CT molecular complexity index is 1760. The van der Waals surface area contributed by atoms with Gasteiger partial charge in [0, 0.05) is 28.2 Å². The number of fused-ring (bicyclic) bond motifs is 3. The van der Waals surface area contributed by atoms with E-state index < -0.39 is 0 Å². The van der Waals surface area contributed by atoms with Crippen molar-refractivity contribution in [3.05, 3.63) is 157 Å². The summed E-state index contributed by atoms with van der Waals surface area (Å²) in [7, 11) is 0. The maximum atomic E-state index is 3.68. The van der Waals surface area contributed by atoms with Crippen LogP contribution in [0.25, 0.3) is 11.1 Å². The summed E-state index contributed by atoms with van der Waals surface area (Å²) < 4.78 is 0. The maximum Gasteiger partial charge on any atom is 0.0623 e. The van der Waals surface area contributed by atoms with Crippen LogP contribution in [0.1, 0.15) is 25.0 Å². The maximum absolute atomic E-state index is 3.68. The summed E-state index contributed by atoms with van der Waals surface area (Å²) >= 11 is 0. The minimum absolute atomic E-state index is 0.149. The zero-order valence-corrected chi connectivity index (χ0v) is 24.4. The number of para-hydroxylation sites is 6. The molecule has 0 saturated heterocycles. The van der Waals surface area contributed by atoms with E-state index in [1.54, 1.807) is 0 Å². The quantitative estimate of drug-likeness (QED) is 0.150. The molecule has 6 aromatic rings. The molecule has 0 heterocycles. The van der Waals surface area contributed by atoms with Crippen LogP contribution in [0.3, 0.4) is 0 Å². The number of hydrogen-bond donors (Lipinski definition) is 4. The van der Waals surface area contributed by atoms with Crippen molar-refractivity contribution < 1.29 is 0 Å². The van der Waals surface area contributed by atoms with E-state index in [0.717, 1.165) is 45.5 Å². The molecule has 4 nitrogen and oxygen atoms in total. The van der Waals surface area contributed by atoms with Crippen LogP contribution in [0.15, 0.2) is 146 Å². The monoisotopic (exact) mass is 558 g/mol. The summed E-state index contributed by atoms with van der Waals surface area (Å²) in [6, 6.07) is 50.7. The molecule has 0 fully saturated rings. The Labute approximate surface area is 253 Å². The molecule has 43 heavy (non-hydrogen) atoms. The molecule has 0 saturated carbocycles. The van der Waals surface area contributed by atoms with Crippen LogP contribution in [-0.2, 0) is 5.41 Å². The Balaban J connectivity index is 1.15. The van der Waals surface area contributed by atoms with Gasteiger partial charge in [-0.15, -0.1) is 0 Å². The molecule has 1 aliphatic rings. The standard InChI is InChI=1S/C39H34N4/c1-39(2)33-25-29(42-37-19-11-9-17-35(37)40-27-13-5-3-6-14-27)21-23-31(33)32-24-22-30(26-34(32)39)43-38-20-12-10-18-36(38)41-28-15-7-4-8-16-28/h3-26,40-43H,1-2H3. The molecular weight excluding hydrogens is 524 g/mol. The Morgan fingerprint density at radius 3 is 1.05 bits per heavy atom. The molecule has 0 aliphatic heterocycles. The van der Waals surface area contributed by atoms with Crippen molar-refractivity contribution in [1.29, 1.82) is 0 Å². The van der Waals surface area contributed by atoms with E-state index in [1.807, 2.05) is 36.4 Å². The molecule has 210 valence electrons. The number of nitrogens with one attached hydrogen (secondary N) is 4. The second kappa shape index (κ2) is 11.1. The lowest BCUT2D eigenvalue weighted by molar-refractivity contribution is 0.661. The molecule has 1 aliphatic carbocycles. The lowest BCUT2D eigenvalue weighted by atomic mass is 9.82. The van der Waals surface area contributed by atoms with Gasteiger partial charge in [-0.25, -0.2) is 0 Å². The van der Waals surface area contributed by atoms with Crippen molar-refractivity contribution in [3.63, 3.8) is 0 Å². The van der Waals surface area contributed by atoms with Crippen LogP contribution in [0.4, 0.5) is 45.5 Å². The van der Waals surface area contributed by atoms with Crippen LogP contribution in [-0.4, -0.2) is 0 Å². The van der Waals surface area contributed by atoms with Gasteiger partial charge in [-0.2, -0.15) is 0 Å². The Morgan fingerprint density at radius 1 is 0.349 bits per heavy atom. The van der Waals surface area contributed by atoms with Crippen molar-refractivity contribution in [1.82, 2.24) is 0 Å². The molecule has 0 bridgehead atoms. The summed E-state index contributed by atoms with van der Waals surface area (Å²) in [6.45, 7) is 4.64. The normalized spacial score (nSPS) is 12.6. The summed E-state index contributed by atoms with van der Waals surface area (Å²) in [4.78, 5) is 0. The van der Waals surface area contributed by atoms with Gasteiger partial charge in [-0.05, 0) is 95.1 Å². The zero-order valence-electron chi connectivity index (χ0n) is 24.4. The molecule has 0 unspecified atom stereocenters. The Hall–Kier alpha value is -5.48. The predicted molar refractivity (Wildman–Crippen MR) is 183 cm³/mol. The number of anilines is 8. The minimum Gasteiger partial charge on any atom is -0.354 e. The van der Waals surface area contributed by atoms with Gasteiger partial charge in [0.05, 0.1) is 22.7 Å². The molecule has 0 spiro atoms. The number of benzene rings is 6. The minimum atomic E-state index is -0.149. The molecule has 0 amide bonds. The fourth-order valence-corrected chi connectivity index (χ4v) is 5.96. The first kappa shape index (κ1) is 26.4. The van der Waals surface area contributed by atoms with Gasteiger partial charge < -0.3 is 21.3 Å². The van der Waals surface area contributed by atoms with E-state index >= 15 is 0 Å². The van der Waals surface area contributed by atoms with E-state index in [2.05, 4.69) is 144 Å². The van der Waals surface area contributed by atoms with Crippen LogP contribution in [0, 0.1) is 0 Å². The third-order valence-corrected chi connectivity index (χ3v) is 8.19. The van der Waals surface area contributed by atoms with Gasteiger partial charge in [-0.3, -0.25) is 0 Å². The number of hydrogen-bond acceptors (Lipinski definition) is 4. The third-order valence-electron chi connectivity index (χ3n) is 8.19. The highest BCUT2D eigenvalue weighted by Gasteiger charge is 2.35. The van der Waals surface area contributed by atoms with Crippen LogP contribution < -0.4 is 21.3 Å². The molecule has 0 atom stereocenters. The van der Waals surface area contributed by atoms with Crippen LogP contribution >= 0.6 is 0 Å². The highest BCUT2D eigenvalue weighted by atomic mass is 15.0. The smallest absolute Gasteiger partial charge is 0.0623 e. The summed E-state index contributed by atoms with van der Waals surface area (Å²) in [5.41, 5.74) is 13.5. The molecule has 6 aromatic carbocycles. The van der Waals surface area contributed by atoms with Gasteiger partial charge in [0.1, 0.15) is 0 Å². The highest BCUT2D eigenvalue weighted by Crippen LogP contribution is 2.50. The summed E-state index contributed by atoms with van der Waals surface area (Å²) in [6.07, 6.45) is 0. The first-order chi connectivity index (χ1) is 21.0. The average Bonchev–Trinajstić information content (AvgIpc) is 3.25. The van der Waals surface area contributed by atoms with Crippen molar-refractivity contribution in [2.45, 2.75) is 19.3 Å². The Morgan fingerprint density at radius 2 is 0.674 bits per heavy atom. The fraction of sp³-hybridized carbons (Fsp3) is 0.0769. The molecule has 4 heteroatoms. The predicted octanol–water partition coefficient (Wildman–Crippen LogP) is 11.0. The first-order valence-corrected chi connectivity index (χ1v) is 14.7. The SMILES string of the molecule is CC1(C)c2cc(Nc3ccccc3Nc3ccccc3)ccc2-c2ccc(Nc3ccccc3Nc3ccccc3)cc21. The number of rotatable bonds is 8. The largest absolute Gasteiger partial charge is 0.354 e. The van der Waals surface area contributed by atoms with Crippen LogP contribution in [0.5, 0.6) is 0 Å². The van der Waals surface area contributed by atoms with Crippen molar-refractivity contribution in [2.75, 3.05) is 21.3 Å². The van der Waals surface area contributed by atoms with Gasteiger partial charge in [0.2, 0.25) is 0 Å². The van der Waals surface area contributed by atoms with Gasteiger partial charge in [0.15, 0.2) is 0 Å². The van der Waals surface area contributed by atoms with E-state index in [-0.39, 0.29) is 5.41 Å². The lowest BCUT2D eigenvalue weighted by Gasteiger charge is -2.23. The third kappa shape index (κ3) is 5.31. The molecule has 7 rings (SSSR count).